The van der Waals surface area contributed by atoms with Gasteiger partial charge in [-0.15, -0.1) is 0 Å². The number of rotatable bonds is 7. The van der Waals surface area contributed by atoms with Crippen LogP contribution in [0.15, 0.2) is 71.4 Å². The number of esters is 1. The fourth-order valence-corrected chi connectivity index (χ4v) is 3.91. The second kappa shape index (κ2) is 10.6. The highest BCUT2D eigenvalue weighted by molar-refractivity contribution is 8.15. The molecule has 156 valence electrons. The summed E-state index contributed by atoms with van der Waals surface area (Å²) < 4.78 is 5.08. The SMILES string of the molecule is CCOC(=O)CC1=CC(S[C@@H](CC)C(=O)Nc2ccccc2)=Nc2ccccc2N1. The Hall–Kier alpha value is -3.06. The van der Waals surface area contributed by atoms with Gasteiger partial charge >= 0.3 is 5.97 Å². The van der Waals surface area contributed by atoms with Crippen molar-refractivity contribution in [2.75, 3.05) is 17.2 Å². The van der Waals surface area contributed by atoms with Gasteiger partial charge in [0.2, 0.25) is 5.91 Å². The van der Waals surface area contributed by atoms with Crippen molar-refractivity contribution >= 4 is 45.7 Å². The first kappa shape index (κ1) is 21.6. The lowest BCUT2D eigenvalue weighted by molar-refractivity contribution is -0.142. The van der Waals surface area contributed by atoms with Gasteiger partial charge in [-0.2, -0.15) is 0 Å². The summed E-state index contributed by atoms with van der Waals surface area (Å²) in [4.78, 5) is 29.5. The first-order chi connectivity index (χ1) is 14.6. The molecule has 0 spiro atoms. The number of nitrogens with zero attached hydrogens (tertiary/aromatic N) is 1. The van der Waals surface area contributed by atoms with Crippen LogP contribution in [0.25, 0.3) is 0 Å². The first-order valence-electron chi connectivity index (χ1n) is 9.92. The third kappa shape index (κ3) is 5.97. The summed E-state index contributed by atoms with van der Waals surface area (Å²) in [7, 11) is 0. The summed E-state index contributed by atoms with van der Waals surface area (Å²) in [6.07, 6.45) is 2.56. The number of carbonyl (C=O) groups is 2. The van der Waals surface area contributed by atoms with Crippen LogP contribution < -0.4 is 10.6 Å². The van der Waals surface area contributed by atoms with Gasteiger partial charge in [0, 0.05) is 11.4 Å². The number of anilines is 2. The highest BCUT2D eigenvalue weighted by Gasteiger charge is 2.22. The molecule has 1 heterocycles. The lowest BCUT2D eigenvalue weighted by Gasteiger charge is -2.15. The van der Waals surface area contributed by atoms with Crippen molar-refractivity contribution in [1.29, 1.82) is 0 Å². The van der Waals surface area contributed by atoms with Crippen LogP contribution in [0.3, 0.4) is 0 Å². The van der Waals surface area contributed by atoms with Crippen molar-refractivity contribution in [3.63, 3.8) is 0 Å². The number of nitrogens with one attached hydrogen (secondary N) is 2. The molecule has 0 saturated carbocycles. The van der Waals surface area contributed by atoms with E-state index in [0.29, 0.717) is 23.8 Å². The molecule has 1 aliphatic rings. The standard InChI is InChI=1S/C23H25N3O3S/c1-3-20(23(28)25-16-10-6-5-7-11-16)30-21-14-17(15-22(27)29-4-2)24-18-12-8-9-13-19(18)26-21/h5-14,20,24H,3-4,15H2,1-2H3,(H,25,28)/t20-/m0/s1. The van der Waals surface area contributed by atoms with Crippen molar-refractivity contribution in [2.45, 2.75) is 31.9 Å². The summed E-state index contributed by atoms with van der Waals surface area (Å²) >= 11 is 1.38. The summed E-state index contributed by atoms with van der Waals surface area (Å²) in [5.41, 5.74) is 3.01. The zero-order chi connectivity index (χ0) is 21.3. The summed E-state index contributed by atoms with van der Waals surface area (Å²) in [5.74, 6) is -0.393. The number of aliphatic imine (C=N–C) groups is 1. The Kier molecular flexibility index (Phi) is 7.68. The molecule has 0 radical (unpaired) electrons. The Morgan fingerprint density at radius 3 is 2.57 bits per heavy atom. The Morgan fingerprint density at radius 2 is 1.83 bits per heavy atom. The van der Waals surface area contributed by atoms with Gasteiger partial charge in [-0.25, -0.2) is 4.99 Å². The quantitative estimate of drug-likeness (QED) is 0.604. The summed E-state index contributed by atoms with van der Waals surface area (Å²) in [5, 5.41) is 6.57. The molecule has 0 fully saturated rings. The van der Waals surface area contributed by atoms with E-state index in [-0.39, 0.29) is 23.5 Å². The number of ether oxygens (including phenoxy) is 1. The molecule has 0 unspecified atom stereocenters. The molecule has 0 aromatic heterocycles. The maximum absolute atomic E-state index is 12.8. The van der Waals surface area contributed by atoms with E-state index >= 15 is 0 Å². The molecule has 30 heavy (non-hydrogen) atoms. The molecule has 2 N–H and O–H groups in total. The van der Waals surface area contributed by atoms with Gasteiger partial charge in [-0.1, -0.05) is 49.0 Å². The zero-order valence-corrected chi connectivity index (χ0v) is 17.9. The number of benzene rings is 2. The highest BCUT2D eigenvalue weighted by Crippen LogP contribution is 2.32. The second-order valence-electron chi connectivity index (χ2n) is 6.61. The number of hydrogen-bond acceptors (Lipinski definition) is 6. The number of fused-ring (bicyclic) bond motifs is 1. The van der Waals surface area contributed by atoms with Crippen molar-refractivity contribution < 1.29 is 14.3 Å². The molecular weight excluding hydrogens is 398 g/mol. The Balaban J connectivity index is 1.81. The minimum absolute atomic E-state index is 0.0813. The first-order valence-corrected chi connectivity index (χ1v) is 10.8. The molecule has 1 atom stereocenters. The number of para-hydroxylation sites is 3. The monoisotopic (exact) mass is 423 g/mol. The zero-order valence-electron chi connectivity index (χ0n) is 17.1. The molecule has 0 aliphatic carbocycles. The van der Waals surface area contributed by atoms with E-state index in [9.17, 15) is 9.59 Å². The molecule has 1 amide bonds. The minimum Gasteiger partial charge on any atom is -0.466 e. The Labute approximate surface area is 180 Å². The van der Waals surface area contributed by atoms with E-state index in [1.54, 1.807) is 6.92 Å². The fraction of sp³-hybridized carbons (Fsp3) is 0.261. The van der Waals surface area contributed by atoms with E-state index in [2.05, 4.69) is 10.6 Å². The molecule has 3 rings (SSSR count). The number of amides is 1. The predicted octanol–water partition coefficient (Wildman–Crippen LogP) is 5.13. The van der Waals surface area contributed by atoms with Crippen LogP contribution in [0.5, 0.6) is 0 Å². The average Bonchev–Trinajstić information content (AvgIpc) is 2.91. The lowest BCUT2D eigenvalue weighted by Crippen LogP contribution is -2.25. The van der Waals surface area contributed by atoms with Crippen molar-refractivity contribution in [2.24, 2.45) is 4.99 Å². The van der Waals surface area contributed by atoms with Gasteiger partial charge < -0.3 is 15.4 Å². The van der Waals surface area contributed by atoms with Crippen LogP contribution in [-0.2, 0) is 14.3 Å². The van der Waals surface area contributed by atoms with Gasteiger partial charge in [0.25, 0.3) is 0 Å². The van der Waals surface area contributed by atoms with E-state index in [0.717, 1.165) is 17.1 Å². The van der Waals surface area contributed by atoms with E-state index in [4.69, 9.17) is 9.73 Å². The molecule has 2 aromatic carbocycles. The van der Waals surface area contributed by atoms with E-state index in [1.807, 2.05) is 67.6 Å². The summed E-state index contributed by atoms with van der Waals surface area (Å²) in [6.45, 7) is 4.08. The fourth-order valence-electron chi connectivity index (χ4n) is 2.92. The van der Waals surface area contributed by atoms with Gasteiger partial charge in [0.15, 0.2) is 0 Å². The largest absolute Gasteiger partial charge is 0.466 e. The van der Waals surface area contributed by atoms with Crippen LogP contribution in [0.2, 0.25) is 0 Å². The maximum atomic E-state index is 12.8. The number of hydrogen-bond donors (Lipinski definition) is 2. The van der Waals surface area contributed by atoms with Gasteiger partial charge in [0.1, 0.15) is 0 Å². The predicted molar refractivity (Wildman–Crippen MR) is 123 cm³/mol. The van der Waals surface area contributed by atoms with Crippen molar-refractivity contribution in [3.05, 3.63) is 66.4 Å². The topological polar surface area (TPSA) is 79.8 Å². The number of thioether (sulfide) groups is 1. The maximum Gasteiger partial charge on any atom is 0.311 e. The molecule has 0 bridgehead atoms. The van der Waals surface area contributed by atoms with E-state index < -0.39 is 0 Å². The average molecular weight is 424 g/mol. The van der Waals surface area contributed by atoms with Crippen LogP contribution in [0.1, 0.15) is 26.7 Å². The summed E-state index contributed by atoms with van der Waals surface area (Å²) in [6, 6.07) is 17.0. The molecule has 2 aromatic rings. The van der Waals surface area contributed by atoms with Gasteiger partial charge in [-0.05, 0) is 43.7 Å². The van der Waals surface area contributed by atoms with E-state index in [1.165, 1.54) is 11.8 Å². The van der Waals surface area contributed by atoms with Crippen LogP contribution in [0, 0.1) is 0 Å². The van der Waals surface area contributed by atoms with Crippen LogP contribution in [0.4, 0.5) is 17.1 Å². The molecule has 6 nitrogen and oxygen atoms in total. The van der Waals surface area contributed by atoms with Gasteiger partial charge in [-0.3, -0.25) is 9.59 Å². The second-order valence-corrected chi connectivity index (χ2v) is 7.84. The smallest absolute Gasteiger partial charge is 0.311 e. The van der Waals surface area contributed by atoms with Crippen LogP contribution in [-0.4, -0.2) is 28.8 Å². The lowest BCUT2D eigenvalue weighted by atomic mass is 10.2. The highest BCUT2D eigenvalue weighted by atomic mass is 32.2. The number of carbonyl (C=O) groups excluding carboxylic acids is 2. The minimum atomic E-state index is -0.325. The van der Waals surface area contributed by atoms with Crippen molar-refractivity contribution in [1.82, 2.24) is 0 Å². The molecular formula is C23H25N3O3S. The van der Waals surface area contributed by atoms with Crippen LogP contribution >= 0.6 is 11.8 Å². The normalized spacial score (nSPS) is 13.7. The third-order valence-electron chi connectivity index (χ3n) is 4.34. The third-order valence-corrected chi connectivity index (χ3v) is 5.62. The van der Waals surface area contributed by atoms with Crippen molar-refractivity contribution in [3.8, 4) is 0 Å². The molecule has 0 saturated heterocycles. The Morgan fingerprint density at radius 1 is 1.10 bits per heavy atom. The molecule has 7 heteroatoms. The molecule has 1 aliphatic heterocycles. The Bertz CT molecular complexity index is 957. The van der Waals surface area contributed by atoms with Gasteiger partial charge in [0.05, 0.1) is 34.7 Å².